The number of likely N-dealkylation sites (N-methyl/N-ethyl adjacent to an activating group) is 1. The fraction of sp³-hybridized carbons (Fsp3) is 0.312. The summed E-state index contributed by atoms with van der Waals surface area (Å²) in [6, 6.07) is 10.2. The van der Waals surface area contributed by atoms with Crippen LogP contribution < -0.4 is 0 Å². The van der Waals surface area contributed by atoms with E-state index in [0.29, 0.717) is 18.8 Å². The van der Waals surface area contributed by atoms with Gasteiger partial charge in [-0.1, -0.05) is 30.3 Å². The van der Waals surface area contributed by atoms with Gasteiger partial charge in [0.15, 0.2) is 0 Å². The van der Waals surface area contributed by atoms with Crippen LogP contribution in [0.5, 0.6) is 0 Å². The van der Waals surface area contributed by atoms with Gasteiger partial charge in [0.25, 0.3) is 5.91 Å². The van der Waals surface area contributed by atoms with Gasteiger partial charge in [0.05, 0.1) is 11.9 Å². The Balaban J connectivity index is 2.00. The second-order valence-corrected chi connectivity index (χ2v) is 4.66. The molecule has 0 radical (unpaired) electrons. The molecule has 1 heterocycles. The van der Waals surface area contributed by atoms with Gasteiger partial charge in [0.2, 0.25) is 0 Å². The average Bonchev–Trinajstić information content (AvgIpc) is 2.49. The van der Waals surface area contributed by atoms with Crippen molar-refractivity contribution in [2.75, 3.05) is 13.1 Å². The number of benzene rings is 1. The standard InChI is InChI=1S/C16H19N3O/c1-3-19(10-9-14-7-5-4-6-8-14)16(20)15-12-17-13(2)11-18-15/h4-8,11-12H,3,9-10H2,1-2H3. The number of carbonyl (C=O) groups is 1. The van der Waals surface area contributed by atoms with Gasteiger partial charge in [-0.2, -0.15) is 0 Å². The van der Waals surface area contributed by atoms with Crippen LogP contribution in [0.25, 0.3) is 0 Å². The molecule has 4 heteroatoms. The molecule has 0 fully saturated rings. The van der Waals surface area contributed by atoms with E-state index >= 15 is 0 Å². The molecule has 4 nitrogen and oxygen atoms in total. The summed E-state index contributed by atoms with van der Waals surface area (Å²) in [6.07, 6.45) is 4.01. The molecular formula is C16H19N3O. The van der Waals surface area contributed by atoms with E-state index in [1.54, 1.807) is 17.3 Å². The van der Waals surface area contributed by atoms with Gasteiger partial charge in [-0.3, -0.25) is 9.78 Å². The Morgan fingerprint density at radius 2 is 1.90 bits per heavy atom. The van der Waals surface area contributed by atoms with Gasteiger partial charge in [-0.05, 0) is 25.8 Å². The van der Waals surface area contributed by atoms with E-state index in [2.05, 4.69) is 22.1 Å². The predicted octanol–water partition coefficient (Wildman–Crippen LogP) is 2.49. The topological polar surface area (TPSA) is 46.1 Å². The van der Waals surface area contributed by atoms with E-state index in [9.17, 15) is 4.79 Å². The lowest BCUT2D eigenvalue weighted by Crippen LogP contribution is -2.33. The first kappa shape index (κ1) is 14.2. The molecule has 0 aliphatic carbocycles. The van der Waals surface area contributed by atoms with Crippen molar-refractivity contribution in [1.29, 1.82) is 0 Å². The maximum atomic E-state index is 12.3. The predicted molar refractivity (Wildman–Crippen MR) is 78.5 cm³/mol. The molecule has 0 N–H and O–H groups in total. The number of nitrogens with zero attached hydrogens (tertiary/aromatic N) is 3. The molecule has 104 valence electrons. The lowest BCUT2D eigenvalue weighted by molar-refractivity contribution is 0.0760. The first-order chi connectivity index (χ1) is 9.70. The summed E-state index contributed by atoms with van der Waals surface area (Å²) in [4.78, 5) is 22.4. The van der Waals surface area contributed by atoms with Crippen molar-refractivity contribution >= 4 is 5.91 Å². The summed E-state index contributed by atoms with van der Waals surface area (Å²) in [5.41, 5.74) is 2.45. The normalized spacial score (nSPS) is 10.3. The monoisotopic (exact) mass is 269 g/mol. The van der Waals surface area contributed by atoms with Crippen molar-refractivity contribution in [3.63, 3.8) is 0 Å². The molecule has 0 saturated carbocycles. The van der Waals surface area contributed by atoms with Crippen molar-refractivity contribution in [2.45, 2.75) is 20.3 Å². The molecule has 1 aromatic heterocycles. The third kappa shape index (κ3) is 3.63. The summed E-state index contributed by atoms with van der Waals surface area (Å²) in [5, 5.41) is 0. The molecule has 20 heavy (non-hydrogen) atoms. The molecule has 2 rings (SSSR count). The lowest BCUT2D eigenvalue weighted by Gasteiger charge is -2.20. The number of aryl methyl sites for hydroxylation is 1. The minimum absolute atomic E-state index is 0.0593. The second kappa shape index (κ2) is 6.80. The van der Waals surface area contributed by atoms with Gasteiger partial charge in [-0.15, -0.1) is 0 Å². The van der Waals surface area contributed by atoms with Gasteiger partial charge >= 0.3 is 0 Å². The summed E-state index contributed by atoms with van der Waals surface area (Å²) >= 11 is 0. The van der Waals surface area contributed by atoms with Gasteiger partial charge in [-0.25, -0.2) is 4.98 Å². The summed E-state index contributed by atoms with van der Waals surface area (Å²) in [6.45, 7) is 5.19. The Hall–Kier alpha value is -2.23. The third-order valence-electron chi connectivity index (χ3n) is 3.18. The number of hydrogen-bond donors (Lipinski definition) is 0. The first-order valence-electron chi connectivity index (χ1n) is 6.82. The number of hydrogen-bond acceptors (Lipinski definition) is 3. The highest BCUT2D eigenvalue weighted by Crippen LogP contribution is 2.05. The second-order valence-electron chi connectivity index (χ2n) is 4.66. The van der Waals surface area contributed by atoms with Crippen LogP contribution in [-0.2, 0) is 6.42 Å². The van der Waals surface area contributed by atoms with Crippen LogP contribution in [0.2, 0.25) is 0 Å². The van der Waals surface area contributed by atoms with Crippen LogP contribution in [0.4, 0.5) is 0 Å². The lowest BCUT2D eigenvalue weighted by atomic mass is 10.1. The average molecular weight is 269 g/mol. The Morgan fingerprint density at radius 1 is 1.15 bits per heavy atom. The molecule has 0 unspecified atom stereocenters. The van der Waals surface area contributed by atoms with Crippen molar-refractivity contribution in [2.24, 2.45) is 0 Å². The summed E-state index contributed by atoms with van der Waals surface area (Å²) in [5.74, 6) is -0.0593. The maximum Gasteiger partial charge on any atom is 0.274 e. The van der Waals surface area contributed by atoms with E-state index in [-0.39, 0.29) is 5.91 Å². The van der Waals surface area contributed by atoms with Crippen molar-refractivity contribution in [3.8, 4) is 0 Å². The highest BCUT2D eigenvalue weighted by molar-refractivity contribution is 5.91. The number of amides is 1. The Morgan fingerprint density at radius 3 is 2.50 bits per heavy atom. The molecule has 2 aromatic rings. The third-order valence-corrected chi connectivity index (χ3v) is 3.18. The van der Waals surface area contributed by atoms with E-state index in [1.165, 1.54) is 5.56 Å². The van der Waals surface area contributed by atoms with Gasteiger partial charge < -0.3 is 4.90 Å². The van der Waals surface area contributed by atoms with Gasteiger partial charge in [0.1, 0.15) is 5.69 Å². The highest BCUT2D eigenvalue weighted by atomic mass is 16.2. The number of aromatic nitrogens is 2. The number of carbonyl (C=O) groups excluding carboxylic acids is 1. The molecule has 0 bridgehead atoms. The van der Waals surface area contributed by atoms with Crippen molar-refractivity contribution in [3.05, 3.63) is 59.7 Å². The van der Waals surface area contributed by atoms with Crippen molar-refractivity contribution < 1.29 is 4.79 Å². The zero-order valence-electron chi connectivity index (χ0n) is 11.9. The highest BCUT2D eigenvalue weighted by Gasteiger charge is 2.15. The molecule has 0 aliphatic heterocycles. The zero-order valence-corrected chi connectivity index (χ0v) is 11.9. The maximum absolute atomic E-state index is 12.3. The molecule has 1 amide bonds. The fourth-order valence-electron chi connectivity index (χ4n) is 1.98. The van der Waals surface area contributed by atoms with Crippen LogP contribution in [0.3, 0.4) is 0 Å². The van der Waals surface area contributed by atoms with Crippen LogP contribution >= 0.6 is 0 Å². The first-order valence-corrected chi connectivity index (χ1v) is 6.82. The van der Waals surface area contributed by atoms with E-state index in [0.717, 1.165) is 12.1 Å². The smallest absolute Gasteiger partial charge is 0.274 e. The zero-order chi connectivity index (χ0) is 14.4. The van der Waals surface area contributed by atoms with Crippen LogP contribution in [0, 0.1) is 6.92 Å². The molecular weight excluding hydrogens is 250 g/mol. The van der Waals surface area contributed by atoms with Crippen LogP contribution in [0.1, 0.15) is 28.7 Å². The largest absolute Gasteiger partial charge is 0.337 e. The summed E-state index contributed by atoms with van der Waals surface area (Å²) < 4.78 is 0. The molecule has 0 saturated heterocycles. The Kier molecular flexibility index (Phi) is 4.82. The molecule has 1 aromatic carbocycles. The van der Waals surface area contributed by atoms with E-state index in [1.807, 2.05) is 32.0 Å². The SMILES string of the molecule is CCN(CCc1ccccc1)C(=O)c1cnc(C)cn1. The molecule has 0 atom stereocenters. The Labute approximate surface area is 119 Å². The molecule has 0 aliphatic rings. The minimum atomic E-state index is -0.0593. The van der Waals surface area contributed by atoms with Gasteiger partial charge in [0, 0.05) is 19.3 Å². The Bertz CT molecular complexity index is 552. The van der Waals surface area contributed by atoms with Crippen LogP contribution in [-0.4, -0.2) is 33.9 Å². The summed E-state index contributed by atoms with van der Waals surface area (Å²) in [7, 11) is 0. The fourth-order valence-corrected chi connectivity index (χ4v) is 1.98. The van der Waals surface area contributed by atoms with Crippen LogP contribution in [0.15, 0.2) is 42.7 Å². The van der Waals surface area contributed by atoms with E-state index in [4.69, 9.17) is 0 Å². The minimum Gasteiger partial charge on any atom is -0.337 e. The van der Waals surface area contributed by atoms with Crippen molar-refractivity contribution in [1.82, 2.24) is 14.9 Å². The molecule has 0 spiro atoms. The van der Waals surface area contributed by atoms with E-state index < -0.39 is 0 Å². The quantitative estimate of drug-likeness (QED) is 0.837. The number of rotatable bonds is 5.